The van der Waals surface area contributed by atoms with Gasteiger partial charge in [0.1, 0.15) is 5.82 Å². The van der Waals surface area contributed by atoms with E-state index < -0.39 is 11.9 Å². The van der Waals surface area contributed by atoms with Gasteiger partial charge in [-0.3, -0.25) is 9.59 Å². The van der Waals surface area contributed by atoms with Gasteiger partial charge in [0.15, 0.2) is 0 Å². The summed E-state index contributed by atoms with van der Waals surface area (Å²) < 4.78 is 19.3. The molecule has 7 heteroatoms. The zero-order valence-corrected chi connectivity index (χ0v) is 13.8. The highest BCUT2D eigenvalue weighted by Crippen LogP contribution is 2.27. The predicted octanol–water partition coefficient (Wildman–Crippen LogP) is 2.90. The molecule has 1 amide bonds. The van der Waals surface area contributed by atoms with Crippen LogP contribution in [0.1, 0.15) is 22.5 Å². The van der Waals surface area contributed by atoms with E-state index in [0.29, 0.717) is 36.3 Å². The van der Waals surface area contributed by atoms with E-state index >= 15 is 0 Å². The van der Waals surface area contributed by atoms with Crippen molar-refractivity contribution in [2.45, 2.75) is 12.8 Å². The second kappa shape index (κ2) is 7.27. The first-order valence-electron chi connectivity index (χ1n) is 7.82. The predicted molar refractivity (Wildman–Crippen MR) is 88.8 cm³/mol. The number of rotatable bonds is 5. The molecule has 0 aliphatic carbocycles. The molecule has 0 bridgehead atoms. The molecule has 1 aromatic heterocycles. The molecular formula is C17H18FNO4S. The van der Waals surface area contributed by atoms with Gasteiger partial charge in [-0.2, -0.15) is 0 Å². The second-order valence-corrected chi connectivity index (χ2v) is 6.98. The summed E-state index contributed by atoms with van der Waals surface area (Å²) in [6, 6.07) is 5.99. The van der Waals surface area contributed by atoms with Crippen LogP contribution < -0.4 is 5.32 Å². The molecule has 2 N–H and O–H groups in total. The Bertz CT molecular complexity index is 754. The van der Waals surface area contributed by atoms with E-state index in [-0.39, 0.29) is 24.2 Å². The van der Waals surface area contributed by atoms with Crippen LogP contribution in [0.3, 0.4) is 0 Å². The van der Waals surface area contributed by atoms with Gasteiger partial charge < -0.3 is 15.2 Å². The van der Waals surface area contributed by atoms with Gasteiger partial charge in [0.2, 0.25) is 0 Å². The van der Waals surface area contributed by atoms with Gasteiger partial charge in [0.05, 0.1) is 10.8 Å². The molecule has 1 unspecified atom stereocenters. The van der Waals surface area contributed by atoms with Gasteiger partial charge in [-0.1, -0.05) is 0 Å². The molecule has 2 heterocycles. The van der Waals surface area contributed by atoms with Crippen LogP contribution in [0.5, 0.6) is 0 Å². The van der Waals surface area contributed by atoms with Crippen molar-refractivity contribution >= 4 is 33.3 Å². The van der Waals surface area contributed by atoms with Crippen molar-refractivity contribution in [3.63, 3.8) is 0 Å². The highest BCUT2D eigenvalue weighted by Gasteiger charge is 2.30. The quantitative estimate of drug-likeness (QED) is 0.868. The molecule has 3 rings (SSSR count). The number of carbonyl (C=O) groups excluding carboxylic acids is 1. The number of hydrogen-bond acceptors (Lipinski definition) is 4. The number of carboxylic acid groups (broad SMARTS) is 1. The van der Waals surface area contributed by atoms with Gasteiger partial charge in [0, 0.05) is 24.5 Å². The number of fused-ring (bicyclic) bond motifs is 1. The summed E-state index contributed by atoms with van der Waals surface area (Å²) in [5.41, 5.74) is 0. The van der Waals surface area contributed by atoms with Crippen LogP contribution in [-0.2, 0) is 9.53 Å². The zero-order chi connectivity index (χ0) is 17.1. The fourth-order valence-corrected chi connectivity index (χ4v) is 3.95. The molecule has 1 atom stereocenters. The first-order chi connectivity index (χ1) is 11.5. The number of ether oxygens (including phenoxy) is 1. The smallest absolute Gasteiger partial charge is 0.308 e. The van der Waals surface area contributed by atoms with Crippen molar-refractivity contribution in [3.05, 3.63) is 35.0 Å². The average molecular weight is 351 g/mol. The summed E-state index contributed by atoms with van der Waals surface area (Å²) in [4.78, 5) is 24.2. The summed E-state index contributed by atoms with van der Waals surface area (Å²) in [7, 11) is 0. The van der Waals surface area contributed by atoms with Crippen molar-refractivity contribution in [1.29, 1.82) is 0 Å². The van der Waals surface area contributed by atoms with Crippen LogP contribution in [0.4, 0.5) is 4.39 Å². The minimum absolute atomic E-state index is 0.00746. The van der Waals surface area contributed by atoms with Gasteiger partial charge in [-0.25, -0.2) is 4.39 Å². The molecule has 0 spiro atoms. The first-order valence-corrected chi connectivity index (χ1v) is 8.64. The van der Waals surface area contributed by atoms with E-state index in [9.17, 15) is 19.1 Å². The minimum Gasteiger partial charge on any atom is -0.481 e. The summed E-state index contributed by atoms with van der Waals surface area (Å²) in [5, 5.41) is 12.8. The maximum atomic E-state index is 13.2. The lowest BCUT2D eigenvalue weighted by Gasteiger charge is -2.27. The van der Waals surface area contributed by atoms with Crippen LogP contribution in [0.15, 0.2) is 24.3 Å². The van der Waals surface area contributed by atoms with Crippen LogP contribution >= 0.6 is 11.3 Å². The van der Waals surface area contributed by atoms with E-state index in [1.54, 1.807) is 12.1 Å². The molecule has 0 radical (unpaired) electrons. The topological polar surface area (TPSA) is 75.6 Å². The van der Waals surface area contributed by atoms with Crippen LogP contribution in [0.25, 0.3) is 10.1 Å². The molecule has 128 valence electrons. The molecule has 5 nitrogen and oxygen atoms in total. The van der Waals surface area contributed by atoms with Crippen LogP contribution in [0, 0.1) is 17.7 Å². The maximum absolute atomic E-state index is 13.2. The van der Waals surface area contributed by atoms with E-state index in [1.165, 1.54) is 23.5 Å². The number of hydrogen-bond donors (Lipinski definition) is 2. The third-order valence-corrected chi connectivity index (χ3v) is 5.45. The Morgan fingerprint density at radius 1 is 1.33 bits per heavy atom. The molecule has 1 aliphatic rings. The fraction of sp³-hybridized carbons (Fsp3) is 0.412. The number of benzene rings is 1. The molecule has 0 saturated carbocycles. The van der Waals surface area contributed by atoms with Crippen LogP contribution in [0.2, 0.25) is 0 Å². The Morgan fingerprint density at radius 3 is 2.79 bits per heavy atom. The number of carbonyl (C=O) groups is 2. The number of amides is 1. The van der Waals surface area contributed by atoms with Gasteiger partial charge in [-0.15, -0.1) is 11.3 Å². The van der Waals surface area contributed by atoms with E-state index in [0.717, 1.165) is 4.70 Å². The lowest BCUT2D eigenvalue weighted by molar-refractivity contribution is -0.144. The molecule has 1 aromatic carbocycles. The van der Waals surface area contributed by atoms with E-state index in [2.05, 4.69) is 5.32 Å². The molecule has 24 heavy (non-hydrogen) atoms. The molecule has 1 saturated heterocycles. The lowest BCUT2D eigenvalue weighted by Crippen LogP contribution is -2.38. The Balaban J connectivity index is 1.67. The monoisotopic (exact) mass is 351 g/mol. The number of aliphatic carboxylic acids is 1. The number of carboxylic acids is 1. The fourth-order valence-electron chi connectivity index (χ4n) is 2.99. The minimum atomic E-state index is -0.902. The number of thiophene rings is 1. The van der Waals surface area contributed by atoms with E-state index in [1.807, 2.05) is 0 Å². The number of halogens is 1. The second-order valence-electron chi connectivity index (χ2n) is 5.90. The SMILES string of the molecule is O=C(NCC(C(=O)O)C1CCOCC1)c1cc2cc(F)ccc2s1. The standard InChI is InChI=1S/C17H18FNO4S/c18-12-1-2-14-11(7-12)8-15(24-14)16(20)19-9-13(17(21)22)10-3-5-23-6-4-10/h1-2,7-8,10,13H,3-6,9H2,(H,19,20)(H,21,22). The summed E-state index contributed by atoms with van der Waals surface area (Å²) in [5.74, 6) is -2.19. The third-order valence-electron chi connectivity index (χ3n) is 4.34. The van der Waals surface area contributed by atoms with Crippen molar-refractivity contribution in [2.24, 2.45) is 11.8 Å². The van der Waals surface area contributed by atoms with Gasteiger partial charge >= 0.3 is 5.97 Å². The third kappa shape index (κ3) is 3.73. The van der Waals surface area contributed by atoms with Crippen LogP contribution in [-0.4, -0.2) is 36.7 Å². The van der Waals surface area contributed by atoms with Gasteiger partial charge in [0.25, 0.3) is 5.91 Å². The Labute approximate surface area is 142 Å². The Hall–Kier alpha value is -1.99. The zero-order valence-electron chi connectivity index (χ0n) is 13.0. The molecule has 1 fully saturated rings. The molecular weight excluding hydrogens is 333 g/mol. The average Bonchev–Trinajstić information content (AvgIpc) is 2.98. The summed E-state index contributed by atoms with van der Waals surface area (Å²) in [6.07, 6.45) is 1.38. The number of nitrogens with one attached hydrogen (secondary N) is 1. The first kappa shape index (κ1) is 16.9. The Kier molecular flexibility index (Phi) is 5.11. The molecule has 2 aromatic rings. The van der Waals surface area contributed by atoms with Crippen molar-refractivity contribution < 1.29 is 23.8 Å². The summed E-state index contributed by atoms with van der Waals surface area (Å²) >= 11 is 1.26. The highest BCUT2D eigenvalue weighted by atomic mass is 32.1. The normalized spacial score (nSPS) is 16.9. The van der Waals surface area contributed by atoms with Gasteiger partial charge in [-0.05, 0) is 48.4 Å². The van der Waals surface area contributed by atoms with Crippen molar-refractivity contribution in [2.75, 3.05) is 19.8 Å². The maximum Gasteiger partial charge on any atom is 0.308 e. The highest BCUT2D eigenvalue weighted by molar-refractivity contribution is 7.20. The van der Waals surface area contributed by atoms with Crippen molar-refractivity contribution in [3.8, 4) is 0 Å². The summed E-state index contributed by atoms with van der Waals surface area (Å²) in [6.45, 7) is 1.20. The molecule has 1 aliphatic heterocycles. The lowest BCUT2D eigenvalue weighted by atomic mass is 9.86. The van der Waals surface area contributed by atoms with E-state index in [4.69, 9.17) is 4.74 Å². The largest absolute Gasteiger partial charge is 0.481 e. The Morgan fingerprint density at radius 2 is 2.08 bits per heavy atom. The van der Waals surface area contributed by atoms with Crippen molar-refractivity contribution in [1.82, 2.24) is 5.32 Å².